The highest BCUT2D eigenvalue weighted by atomic mass is 16.8. The minimum Gasteiger partial charge on any atom is -0.394 e. The molecule has 0 bridgehead atoms. The van der Waals surface area contributed by atoms with Crippen LogP contribution < -0.4 is 0 Å². The van der Waals surface area contributed by atoms with E-state index in [1.54, 1.807) is 0 Å². The third-order valence-electron chi connectivity index (χ3n) is 15.8. The Kier molecular flexibility index (Phi) is 9.83. The quantitative estimate of drug-likeness (QED) is 0.201. The fourth-order valence-corrected chi connectivity index (χ4v) is 12.5. The van der Waals surface area contributed by atoms with E-state index in [4.69, 9.17) is 28.4 Å². The highest BCUT2D eigenvalue weighted by Gasteiger charge is 2.76. The van der Waals surface area contributed by atoms with Gasteiger partial charge in [-0.1, -0.05) is 39.3 Å². The summed E-state index contributed by atoms with van der Waals surface area (Å²) in [5, 5.41) is 75.6. The van der Waals surface area contributed by atoms with Gasteiger partial charge in [0.05, 0.1) is 31.5 Å². The summed E-state index contributed by atoms with van der Waals surface area (Å²) < 4.78 is 37.3. The first-order valence-corrected chi connectivity index (χ1v) is 19.9. The molecular formula is C39H62O13. The van der Waals surface area contributed by atoms with Crippen LogP contribution in [-0.4, -0.2) is 134 Å². The van der Waals surface area contributed by atoms with Crippen LogP contribution in [0.15, 0.2) is 11.6 Å². The summed E-state index contributed by atoms with van der Waals surface area (Å²) >= 11 is 0. The highest BCUT2D eigenvalue weighted by Crippen LogP contribution is 2.72. The molecule has 0 amide bonds. The van der Waals surface area contributed by atoms with Crippen molar-refractivity contribution in [2.75, 3.05) is 13.2 Å². The smallest absolute Gasteiger partial charge is 0.187 e. The van der Waals surface area contributed by atoms with Gasteiger partial charge in [0.1, 0.15) is 48.3 Å². The number of hydrogen-bond acceptors (Lipinski definition) is 13. The molecule has 7 N–H and O–H groups in total. The summed E-state index contributed by atoms with van der Waals surface area (Å²) in [6, 6.07) is 0. The lowest BCUT2D eigenvalue weighted by Crippen LogP contribution is -2.64. The molecule has 0 aromatic rings. The summed E-state index contributed by atoms with van der Waals surface area (Å²) in [6.07, 6.45) is -3.83. The topological polar surface area (TPSA) is 197 Å². The van der Waals surface area contributed by atoms with Crippen molar-refractivity contribution in [3.63, 3.8) is 0 Å². The van der Waals surface area contributed by atoms with Crippen molar-refractivity contribution >= 4 is 0 Å². The number of ether oxygens (including phenoxy) is 6. The Morgan fingerprint density at radius 1 is 0.827 bits per heavy atom. The molecule has 8 rings (SSSR count). The third kappa shape index (κ3) is 5.50. The van der Waals surface area contributed by atoms with E-state index in [9.17, 15) is 35.7 Å². The number of hydrogen-bond donors (Lipinski definition) is 7. The van der Waals surface area contributed by atoms with Crippen molar-refractivity contribution < 1.29 is 64.2 Å². The van der Waals surface area contributed by atoms with Gasteiger partial charge in [-0.05, 0) is 87.4 Å². The molecule has 4 aliphatic heterocycles. The van der Waals surface area contributed by atoms with E-state index in [-0.39, 0.29) is 29.0 Å². The van der Waals surface area contributed by atoms with Gasteiger partial charge in [0.25, 0.3) is 0 Å². The number of aliphatic hydroxyl groups is 7. The Labute approximate surface area is 306 Å². The van der Waals surface area contributed by atoms with E-state index in [1.165, 1.54) is 12.5 Å². The first kappa shape index (κ1) is 38.1. The lowest BCUT2D eigenvalue weighted by molar-refractivity contribution is -0.369. The van der Waals surface area contributed by atoms with Crippen molar-refractivity contribution in [1.29, 1.82) is 0 Å². The molecule has 0 aromatic carbocycles. The van der Waals surface area contributed by atoms with Crippen molar-refractivity contribution in [3.8, 4) is 0 Å². The molecule has 4 saturated heterocycles. The Morgan fingerprint density at radius 2 is 1.60 bits per heavy atom. The monoisotopic (exact) mass is 738 g/mol. The second-order valence-corrected chi connectivity index (χ2v) is 18.4. The number of fused-ring (bicyclic) bond motifs is 7. The first-order valence-electron chi connectivity index (χ1n) is 19.9. The number of allylic oxidation sites excluding steroid dienone is 1. The van der Waals surface area contributed by atoms with Gasteiger partial charge in [0.2, 0.25) is 0 Å². The van der Waals surface area contributed by atoms with E-state index in [1.807, 2.05) is 0 Å². The molecule has 21 atom stereocenters. The van der Waals surface area contributed by atoms with Gasteiger partial charge < -0.3 is 64.2 Å². The van der Waals surface area contributed by atoms with E-state index in [0.717, 1.165) is 44.9 Å². The lowest BCUT2D eigenvalue weighted by atomic mass is 9.46. The molecule has 3 saturated carbocycles. The molecule has 296 valence electrons. The number of rotatable bonds is 5. The Morgan fingerprint density at radius 3 is 2.31 bits per heavy atom. The van der Waals surface area contributed by atoms with Crippen LogP contribution in [0.5, 0.6) is 0 Å². The SMILES string of the molecule is C[C@H]1CC[C@@]2(OC1)O[C@H]1C[C@H]3[C@@H]4CC=C5C[C@@H](O[C@@H]6O[C@H](CO)[C@@H](O)[C@H](O)[C@H]6O[C@@H]6O[C@@H](C)[C@H](O)[C@@H](O)[C@H]6O)CC[C@]5(C)[C@H]4CC[C@]3(C)[C@@]1(O)[C@@H]2C. The van der Waals surface area contributed by atoms with Gasteiger partial charge in [-0.15, -0.1) is 0 Å². The Bertz CT molecular complexity index is 1350. The van der Waals surface area contributed by atoms with Gasteiger partial charge in [-0.3, -0.25) is 0 Å². The molecule has 0 aromatic heterocycles. The molecule has 1 spiro atoms. The molecule has 0 unspecified atom stereocenters. The standard InChI is InChI=1S/C39H62O13/c1-18-8-13-38(47-17-18)20(3)39(46)27(52-38)15-25-23-7-6-21-14-22(9-11-36(21,4)24(23)10-12-37(25,39)5)49-35-33(31(44)29(42)26(16-40)50-35)51-34-32(45)30(43)28(41)19(2)48-34/h6,18-20,22-35,40-46H,7-17H2,1-5H3/t18-,19-,20+,22-,23+,24-,25-,26+,27-,28-,29+,30+,31-,32+,33+,34-,35+,36-,37-,38+,39+/m0/s1. The van der Waals surface area contributed by atoms with Crippen LogP contribution in [-0.2, 0) is 28.4 Å². The van der Waals surface area contributed by atoms with E-state index in [0.29, 0.717) is 43.1 Å². The Hall–Kier alpha value is -0.780. The fraction of sp³-hybridized carbons (Fsp3) is 0.949. The zero-order chi connectivity index (χ0) is 37.1. The maximum Gasteiger partial charge on any atom is 0.187 e. The minimum atomic E-state index is -1.62. The fourth-order valence-electron chi connectivity index (χ4n) is 12.5. The normalized spacial score (nSPS) is 58.9. The van der Waals surface area contributed by atoms with Gasteiger partial charge in [0, 0.05) is 17.8 Å². The first-order chi connectivity index (χ1) is 24.6. The van der Waals surface area contributed by atoms with E-state index >= 15 is 0 Å². The van der Waals surface area contributed by atoms with Crippen molar-refractivity contribution in [3.05, 3.63) is 11.6 Å². The summed E-state index contributed by atoms with van der Waals surface area (Å²) in [4.78, 5) is 0. The van der Waals surface area contributed by atoms with Crippen molar-refractivity contribution in [1.82, 2.24) is 0 Å². The van der Waals surface area contributed by atoms with Crippen molar-refractivity contribution in [2.24, 2.45) is 40.4 Å². The lowest BCUT2D eigenvalue weighted by Gasteiger charge is -2.60. The molecule has 52 heavy (non-hydrogen) atoms. The summed E-state index contributed by atoms with van der Waals surface area (Å²) in [7, 11) is 0. The second kappa shape index (κ2) is 13.4. The number of aliphatic hydroxyl groups excluding tert-OH is 6. The van der Waals surface area contributed by atoms with Gasteiger partial charge in [-0.2, -0.15) is 0 Å². The molecule has 4 aliphatic carbocycles. The summed E-state index contributed by atoms with van der Waals surface area (Å²) in [5.74, 6) is 0.929. The maximum absolute atomic E-state index is 12.7. The van der Waals surface area contributed by atoms with Crippen LogP contribution in [0.3, 0.4) is 0 Å². The highest BCUT2D eigenvalue weighted by molar-refractivity contribution is 5.29. The zero-order valence-electron chi connectivity index (χ0n) is 31.3. The van der Waals surface area contributed by atoms with Crippen LogP contribution in [0.25, 0.3) is 0 Å². The molecule has 0 radical (unpaired) electrons. The summed E-state index contributed by atoms with van der Waals surface area (Å²) in [6.45, 7) is 10.7. The van der Waals surface area contributed by atoms with E-state index < -0.39 is 79.4 Å². The average molecular weight is 739 g/mol. The van der Waals surface area contributed by atoms with Crippen LogP contribution in [0.1, 0.15) is 92.4 Å². The predicted octanol–water partition coefficient (Wildman–Crippen LogP) is 1.50. The van der Waals surface area contributed by atoms with E-state index in [2.05, 4.69) is 33.8 Å². The third-order valence-corrected chi connectivity index (χ3v) is 15.8. The zero-order valence-corrected chi connectivity index (χ0v) is 31.3. The predicted molar refractivity (Wildman–Crippen MR) is 183 cm³/mol. The maximum atomic E-state index is 12.7. The molecule has 13 nitrogen and oxygen atoms in total. The largest absolute Gasteiger partial charge is 0.394 e. The molecule has 13 heteroatoms. The van der Waals surface area contributed by atoms with Gasteiger partial charge >= 0.3 is 0 Å². The van der Waals surface area contributed by atoms with Crippen LogP contribution in [0.2, 0.25) is 0 Å². The molecular weight excluding hydrogens is 676 g/mol. The minimum absolute atomic E-state index is 0.0411. The van der Waals surface area contributed by atoms with Crippen LogP contribution in [0, 0.1) is 40.4 Å². The van der Waals surface area contributed by atoms with Crippen LogP contribution >= 0.6 is 0 Å². The van der Waals surface area contributed by atoms with Crippen LogP contribution in [0.4, 0.5) is 0 Å². The summed E-state index contributed by atoms with van der Waals surface area (Å²) in [5.41, 5.74) is 0.0981. The Balaban J connectivity index is 0.977. The average Bonchev–Trinajstić information content (AvgIpc) is 3.48. The van der Waals surface area contributed by atoms with Gasteiger partial charge in [0.15, 0.2) is 18.4 Å². The molecule has 8 aliphatic rings. The molecule has 4 heterocycles. The van der Waals surface area contributed by atoms with Gasteiger partial charge in [-0.25, -0.2) is 0 Å². The van der Waals surface area contributed by atoms with Crippen molar-refractivity contribution in [2.45, 2.75) is 177 Å². The molecule has 7 fully saturated rings. The second-order valence-electron chi connectivity index (χ2n) is 18.4.